The van der Waals surface area contributed by atoms with Crippen LogP contribution in [-0.2, 0) is 62.8 Å². The molecule has 2 N–H and O–H groups in total. The van der Waals surface area contributed by atoms with Crippen molar-refractivity contribution in [2.45, 2.75) is 0 Å². The molecule has 0 rings (SSSR count). The van der Waals surface area contributed by atoms with Crippen molar-refractivity contribution in [3.8, 4) is 0 Å². The van der Waals surface area contributed by atoms with Gasteiger partial charge in [-0.3, -0.25) is 8.42 Å². The second-order valence-corrected chi connectivity index (χ2v) is 1.22. The maximum absolute atomic E-state index is 8.52. The molecule has 12 heavy (non-hydrogen) atoms. The van der Waals surface area contributed by atoms with Gasteiger partial charge in [-0.2, -0.15) is 0 Å². The molecule has 5 nitrogen and oxygen atoms in total. The van der Waals surface area contributed by atoms with Gasteiger partial charge in [0.2, 0.25) is 0 Å². The van der Waals surface area contributed by atoms with E-state index in [2.05, 4.69) is 0 Å². The van der Waals surface area contributed by atoms with Crippen molar-refractivity contribution in [1.29, 1.82) is 0 Å². The summed E-state index contributed by atoms with van der Waals surface area (Å²) in [5.41, 5.74) is 0. The summed E-state index contributed by atoms with van der Waals surface area (Å²) >= 11 is 0. The Labute approximate surface area is 114 Å². The first-order valence-electron chi connectivity index (χ1n) is 0.667. The van der Waals surface area contributed by atoms with Gasteiger partial charge in [0.05, 0.1) is 0 Å². The van der Waals surface area contributed by atoms with Crippen molar-refractivity contribution in [2.24, 2.45) is 0 Å². The number of rotatable bonds is 0. The van der Waals surface area contributed by atoms with Crippen LogP contribution in [0, 0.1) is 29.7 Å². The van der Waals surface area contributed by atoms with E-state index >= 15 is 0 Å². The predicted molar refractivity (Wildman–Crippen MR) is 39.7 cm³/mol. The van der Waals surface area contributed by atoms with Crippen molar-refractivity contribution in [3.63, 3.8) is 0 Å². The normalized spacial score (nSPS) is 4.83. The molecular weight excluding hydrogens is 343 g/mol. The van der Waals surface area contributed by atoms with Gasteiger partial charge in [-0.25, -0.2) is 0 Å². The van der Waals surface area contributed by atoms with Crippen LogP contribution in [0.2, 0.25) is 0 Å². The first-order valence-corrected chi connectivity index (χ1v) is 2.00. The molecule has 8 heteroatoms. The van der Waals surface area contributed by atoms with Crippen molar-refractivity contribution >= 4 is 10.4 Å². The third-order valence-corrected chi connectivity index (χ3v) is 0. The average Bonchev–Trinajstić information content (AvgIpc) is 0.722. The minimum absolute atomic E-state index is 0. The fourth-order valence-electron chi connectivity index (χ4n) is 0. The largest absolute Gasteiger partial charge is 3.00 e. The van der Waals surface area contributed by atoms with Gasteiger partial charge in [0.15, 0.2) is 0 Å². The summed E-state index contributed by atoms with van der Waals surface area (Å²) in [6.07, 6.45) is 0. The van der Waals surface area contributed by atoms with E-state index in [0.717, 1.165) is 0 Å². The van der Waals surface area contributed by atoms with Crippen LogP contribution in [0.25, 0.3) is 0 Å². The predicted octanol–water partition coefficient (Wildman–Crippen LogP) is -0.367. The van der Waals surface area contributed by atoms with Crippen LogP contribution < -0.4 is 0 Å². The second kappa shape index (κ2) is 29.4. The quantitative estimate of drug-likeness (QED) is 0.335. The first-order chi connectivity index (χ1) is 2.00. The van der Waals surface area contributed by atoms with Crippen molar-refractivity contribution < 1.29 is 75.4 Å². The molecule has 0 fully saturated rings. The van der Waals surface area contributed by atoms with Crippen LogP contribution >= 0.6 is 0 Å². The minimum atomic E-state index is -5.17. The van der Waals surface area contributed by atoms with E-state index in [-0.39, 0.29) is 87.6 Å². The maximum Gasteiger partial charge on any atom is 3.00 e. The van der Waals surface area contributed by atoms with Crippen LogP contribution in [0.15, 0.2) is 0 Å². The van der Waals surface area contributed by atoms with Gasteiger partial charge in [0.25, 0.3) is 0 Å². The third-order valence-electron chi connectivity index (χ3n) is 0. The summed E-state index contributed by atoms with van der Waals surface area (Å²) in [7, 11) is -5.17. The molecule has 0 heterocycles. The molecule has 0 saturated heterocycles. The molecule has 2 radical (unpaired) electrons. The molecule has 0 aliphatic carbocycles. The summed E-state index contributed by atoms with van der Waals surface area (Å²) < 4.78 is 34.1. The molecule has 0 spiro atoms. The van der Waals surface area contributed by atoms with E-state index in [1.54, 1.807) is 0 Å². The Balaban J connectivity index is -0.00000000381. The summed E-state index contributed by atoms with van der Waals surface area (Å²) in [6.45, 7) is 0. The summed E-state index contributed by atoms with van der Waals surface area (Å²) in [4.78, 5) is 0. The van der Waals surface area contributed by atoms with E-state index in [0.29, 0.717) is 0 Å². The monoisotopic (exact) mass is 354 g/mol. The molecule has 0 aromatic carbocycles. The zero-order valence-corrected chi connectivity index (χ0v) is 13.3. The Kier molecular flexibility index (Phi) is 169. The molecule has 0 aliphatic heterocycles. The third kappa shape index (κ3) is 511. The fourth-order valence-corrected chi connectivity index (χ4v) is 0. The average molecular weight is 357 g/mol. The van der Waals surface area contributed by atoms with Crippen LogP contribution in [0.3, 0.4) is 0 Å². The van der Waals surface area contributed by atoms with Gasteiger partial charge < -0.3 is 44.3 Å². The fraction of sp³-hybridized carbons (Fsp3) is 0. The van der Waals surface area contributed by atoms with Gasteiger partial charge in [0, 0.05) is 10.4 Å². The van der Waals surface area contributed by atoms with E-state index in [4.69, 9.17) is 17.5 Å². The van der Waals surface area contributed by atoms with Crippen LogP contribution in [0.5, 0.6) is 0 Å². The Hall–Kier alpha value is 1.60. The smallest absolute Gasteiger partial charge is 0.759 e. The van der Waals surface area contributed by atoms with Crippen molar-refractivity contribution in [2.75, 3.05) is 0 Å². The molecule has 0 saturated carbocycles. The van der Waals surface area contributed by atoms with Crippen LogP contribution in [0.4, 0.5) is 0 Å². The van der Waals surface area contributed by atoms with E-state index in [1.807, 2.05) is 0 Å². The van der Waals surface area contributed by atoms with Gasteiger partial charge in [-0.15, -0.1) is 0 Å². The molecule has 74 valence electrons. The van der Waals surface area contributed by atoms with Gasteiger partial charge in [-0.1, -0.05) is 0 Å². The van der Waals surface area contributed by atoms with Crippen molar-refractivity contribution in [1.82, 2.24) is 0 Å². The van der Waals surface area contributed by atoms with Crippen LogP contribution in [0.1, 0.15) is 0 Å². The molecule has 0 atom stereocenters. The Morgan fingerprint density at radius 1 is 0.750 bits per heavy atom. The molecule has 0 bridgehead atoms. The molecule has 0 amide bonds. The first kappa shape index (κ1) is 68.9. The number of hydrogen-bond acceptors (Lipinski definition) is 4. The SMILES string of the molecule is O.O=S(=O)([O-])[O-].[CH3-].[CH3-].[CH3-].[CH3-].[Zr+3].[Zr+3]. The molecule has 0 unspecified atom stereocenters. The Morgan fingerprint density at radius 2 is 0.750 bits per heavy atom. The van der Waals surface area contributed by atoms with Gasteiger partial charge in [0.1, 0.15) is 0 Å². The van der Waals surface area contributed by atoms with E-state index in [1.165, 1.54) is 0 Å². The Morgan fingerprint density at radius 3 is 0.750 bits per heavy atom. The number of hydrogen-bond donors (Lipinski definition) is 0. The van der Waals surface area contributed by atoms with Gasteiger partial charge >= 0.3 is 52.4 Å². The topological polar surface area (TPSA) is 112 Å². The maximum atomic E-state index is 8.52. The summed E-state index contributed by atoms with van der Waals surface area (Å²) in [5.74, 6) is 0. The zero-order valence-electron chi connectivity index (χ0n) is 7.54. The zero-order chi connectivity index (χ0) is 4.50. The molecule has 0 aromatic rings. The summed E-state index contributed by atoms with van der Waals surface area (Å²) in [6, 6.07) is 0. The second-order valence-electron chi connectivity index (χ2n) is 0.408. The van der Waals surface area contributed by atoms with Crippen molar-refractivity contribution in [3.05, 3.63) is 29.7 Å². The molecule has 0 aromatic heterocycles. The minimum Gasteiger partial charge on any atom is -0.759 e. The molecular formula is C4H14O5SZr2. The van der Waals surface area contributed by atoms with Crippen LogP contribution in [-0.4, -0.2) is 23.0 Å². The standard InChI is InChI=1S/4CH3.H2O4S.H2O.2Zr/c;;;;1-5(2,3)4;;;/h4*1H3;(H2,1,2,3,4);1H2;;/q4*-1;;;2*+3/p-2. The summed E-state index contributed by atoms with van der Waals surface area (Å²) in [5, 5.41) is 0. The van der Waals surface area contributed by atoms with Gasteiger partial charge in [-0.05, 0) is 0 Å². The van der Waals surface area contributed by atoms with E-state index < -0.39 is 10.4 Å². The van der Waals surface area contributed by atoms with E-state index in [9.17, 15) is 0 Å². The Bertz CT molecular complexity index is 105. The molecule has 0 aliphatic rings.